The lowest BCUT2D eigenvalue weighted by atomic mass is 10.1. The Morgan fingerprint density at radius 1 is 0.867 bits per heavy atom. The minimum atomic E-state index is -0.470. The predicted octanol–water partition coefficient (Wildman–Crippen LogP) is 3.82. The summed E-state index contributed by atoms with van der Waals surface area (Å²) in [6, 6.07) is 20.5. The average molecular weight is 400 g/mol. The van der Waals surface area contributed by atoms with Crippen molar-refractivity contribution in [1.82, 2.24) is 20.6 Å². The topological polar surface area (TPSA) is 89.2 Å². The standard InChI is InChI=1S/C23H20N4O3/c1-15-13-19(16(2)30-15)22(28)24-25-23(29)20-14-27(18-11-7-4-8-12-18)26-21(20)17-9-5-3-6-10-17/h3-14H,1-2H3,(H,24,28)(H,25,29). The number of nitrogens with zero attached hydrogens (tertiary/aromatic N) is 2. The number of para-hydroxylation sites is 1. The minimum Gasteiger partial charge on any atom is -0.466 e. The summed E-state index contributed by atoms with van der Waals surface area (Å²) in [5.74, 6) is 0.192. The fraction of sp³-hybridized carbons (Fsp3) is 0.0870. The molecule has 4 rings (SSSR count). The van der Waals surface area contributed by atoms with Crippen LogP contribution in [0.5, 0.6) is 0 Å². The first-order chi connectivity index (χ1) is 14.5. The first kappa shape index (κ1) is 19.2. The molecular weight excluding hydrogens is 380 g/mol. The third-order valence-electron chi connectivity index (χ3n) is 4.60. The molecule has 4 aromatic rings. The summed E-state index contributed by atoms with van der Waals surface area (Å²) >= 11 is 0. The van der Waals surface area contributed by atoms with Crippen LogP contribution in [0.3, 0.4) is 0 Å². The van der Waals surface area contributed by atoms with E-state index >= 15 is 0 Å². The maximum atomic E-state index is 12.9. The molecule has 0 saturated heterocycles. The van der Waals surface area contributed by atoms with Crippen molar-refractivity contribution < 1.29 is 14.0 Å². The van der Waals surface area contributed by atoms with Crippen molar-refractivity contribution in [1.29, 1.82) is 0 Å². The Balaban J connectivity index is 1.62. The Kier molecular flexibility index (Phi) is 5.17. The SMILES string of the molecule is Cc1cc(C(=O)NNC(=O)c2cn(-c3ccccc3)nc2-c2ccccc2)c(C)o1. The number of hydrogen-bond acceptors (Lipinski definition) is 4. The van der Waals surface area contributed by atoms with Gasteiger partial charge in [-0.25, -0.2) is 4.68 Å². The minimum absolute atomic E-state index is 0.338. The zero-order valence-corrected chi connectivity index (χ0v) is 16.5. The first-order valence-electron chi connectivity index (χ1n) is 9.41. The van der Waals surface area contributed by atoms with Crippen LogP contribution in [-0.2, 0) is 0 Å². The second-order valence-corrected chi connectivity index (χ2v) is 6.77. The van der Waals surface area contributed by atoms with Crippen molar-refractivity contribution in [3.63, 3.8) is 0 Å². The molecule has 30 heavy (non-hydrogen) atoms. The second-order valence-electron chi connectivity index (χ2n) is 6.77. The van der Waals surface area contributed by atoms with Gasteiger partial charge in [-0.15, -0.1) is 0 Å². The number of furan rings is 1. The molecule has 2 N–H and O–H groups in total. The average Bonchev–Trinajstić information content (AvgIpc) is 3.36. The third kappa shape index (κ3) is 3.86. The highest BCUT2D eigenvalue weighted by Crippen LogP contribution is 2.23. The number of carbonyl (C=O) groups is 2. The fourth-order valence-corrected chi connectivity index (χ4v) is 3.17. The number of carbonyl (C=O) groups excluding carboxylic acids is 2. The Morgan fingerprint density at radius 2 is 1.47 bits per heavy atom. The Hall–Kier alpha value is -4.13. The highest BCUT2D eigenvalue weighted by Gasteiger charge is 2.20. The van der Waals surface area contributed by atoms with Gasteiger partial charge in [-0.2, -0.15) is 5.10 Å². The van der Waals surface area contributed by atoms with E-state index in [1.807, 2.05) is 60.7 Å². The van der Waals surface area contributed by atoms with Gasteiger partial charge in [0.2, 0.25) is 0 Å². The Morgan fingerprint density at radius 3 is 2.07 bits per heavy atom. The number of aromatic nitrogens is 2. The molecule has 0 spiro atoms. The molecule has 7 nitrogen and oxygen atoms in total. The van der Waals surface area contributed by atoms with Crippen molar-refractivity contribution in [2.24, 2.45) is 0 Å². The highest BCUT2D eigenvalue weighted by molar-refractivity contribution is 6.02. The van der Waals surface area contributed by atoms with Gasteiger partial charge in [0.05, 0.1) is 16.8 Å². The third-order valence-corrected chi connectivity index (χ3v) is 4.60. The van der Waals surface area contributed by atoms with Crippen LogP contribution in [0, 0.1) is 13.8 Å². The first-order valence-corrected chi connectivity index (χ1v) is 9.41. The van der Waals surface area contributed by atoms with Gasteiger partial charge in [-0.05, 0) is 32.0 Å². The number of benzene rings is 2. The zero-order chi connectivity index (χ0) is 21.1. The lowest BCUT2D eigenvalue weighted by molar-refractivity contribution is 0.0846. The van der Waals surface area contributed by atoms with Crippen molar-refractivity contribution >= 4 is 11.8 Å². The van der Waals surface area contributed by atoms with Crippen LogP contribution in [0.15, 0.2) is 77.3 Å². The van der Waals surface area contributed by atoms with E-state index in [2.05, 4.69) is 16.0 Å². The number of hydrogen-bond donors (Lipinski definition) is 2. The normalized spacial score (nSPS) is 10.6. The predicted molar refractivity (Wildman–Crippen MR) is 112 cm³/mol. The molecule has 2 aromatic heterocycles. The lowest BCUT2D eigenvalue weighted by Crippen LogP contribution is -2.41. The molecule has 7 heteroatoms. The molecule has 0 aliphatic rings. The van der Waals surface area contributed by atoms with Crippen LogP contribution < -0.4 is 10.9 Å². The van der Waals surface area contributed by atoms with E-state index in [1.165, 1.54) is 0 Å². The number of amides is 2. The van der Waals surface area contributed by atoms with Gasteiger partial charge < -0.3 is 4.42 Å². The monoisotopic (exact) mass is 400 g/mol. The van der Waals surface area contributed by atoms with Gasteiger partial charge >= 0.3 is 0 Å². The summed E-state index contributed by atoms with van der Waals surface area (Å²) in [6.45, 7) is 3.45. The van der Waals surface area contributed by atoms with E-state index in [0.29, 0.717) is 28.3 Å². The molecule has 2 amide bonds. The van der Waals surface area contributed by atoms with Crippen molar-refractivity contribution in [3.05, 3.63) is 95.6 Å². The molecular formula is C23H20N4O3. The second kappa shape index (κ2) is 8.08. The molecule has 0 aliphatic carbocycles. The zero-order valence-electron chi connectivity index (χ0n) is 16.5. The molecule has 0 radical (unpaired) electrons. The van der Waals surface area contributed by atoms with Crippen molar-refractivity contribution in [3.8, 4) is 16.9 Å². The van der Waals surface area contributed by atoms with Gasteiger partial charge in [-0.1, -0.05) is 48.5 Å². The highest BCUT2D eigenvalue weighted by atomic mass is 16.3. The van der Waals surface area contributed by atoms with Gasteiger partial charge in [0.1, 0.15) is 17.2 Å². The smallest absolute Gasteiger partial charge is 0.273 e. The summed E-state index contributed by atoms with van der Waals surface area (Å²) in [4.78, 5) is 25.3. The van der Waals surface area contributed by atoms with Crippen LogP contribution >= 0.6 is 0 Å². The van der Waals surface area contributed by atoms with Crippen molar-refractivity contribution in [2.45, 2.75) is 13.8 Å². The van der Waals surface area contributed by atoms with Gasteiger partial charge in [0, 0.05) is 11.8 Å². The van der Waals surface area contributed by atoms with Gasteiger partial charge in [0.25, 0.3) is 11.8 Å². The van der Waals surface area contributed by atoms with Crippen molar-refractivity contribution in [2.75, 3.05) is 0 Å². The van der Waals surface area contributed by atoms with Crippen LogP contribution in [0.4, 0.5) is 0 Å². The van der Waals surface area contributed by atoms with E-state index in [0.717, 1.165) is 11.3 Å². The van der Waals surface area contributed by atoms with Crippen LogP contribution in [0.25, 0.3) is 16.9 Å². The summed E-state index contributed by atoms with van der Waals surface area (Å²) in [6.07, 6.45) is 1.65. The summed E-state index contributed by atoms with van der Waals surface area (Å²) in [5.41, 5.74) is 7.76. The van der Waals surface area contributed by atoms with E-state index < -0.39 is 11.8 Å². The molecule has 0 fully saturated rings. The summed E-state index contributed by atoms with van der Waals surface area (Å²) < 4.78 is 7.01. The quantitative estimate of drug-likeness (QED) is 0.510. The summed E-state index contributed by atoms with van der Waals surface area (Å²) in [7, 11) is 0. The Bertz CT molecular complexity index is 1190. The number of hydrazine groups is 1. The van der Waals surface area contributed by atoms with Crippen LogP contribution in [0.1, 0.15) is 32.2 Å². The maximum Gasteiger partial charge on any atom is 0.273 e. The molecule has 0 bridgehead atoms. The number of nitrogens with one attached hydrogen (secondary N) is 2. The van der Waals surface area contributed by atoms with E-state index in [-0.39, 0.29) is 0 Å². The molecule has 0 unspecified atom stereocenters. The fourth-order valence-electron chi connectivity index (χ4n) is 3.17. The number of rotatable bonds is 4. The molecule has 0 saturated carbocycles. The van der Waals surface area contributed by atoms with E-state index in [9.17, 15) is 9.59 Å². The molecule has 0 atom stereocenters. The molecule has 150 valence electrons. The summed E-state index contributed by atoms with van der Waals surface area (Å²) in [5, 5.41) is 4.60. The largest absolute Gasteiger partial charge is 0.466 e. The van der Waals surface area contributed by atoms with Crippen LogP contribution in [0.2, 0.25) is 0 Å². The van der Waals surface area contributed by atoms with E-state index in [4.69, 9.17) is 4.42 Å². The van der Waals surface area contributed by atoms with Crippen LogP contribution in [-0.4, -0.2) is 21.6 Å². The molecule has 2 heterocycles. The van der Waals surface area contributed by atoms with Gasteiger partial charge in [0.15, 0.2) is 0 Å². The van der Waals surface area contributed by atoms with Gasteiger partial charge in [-0.3, -0.25) is 20.4 Å². The lowest BCUT2D eigenvalue weighted by Gasteiger charge is -2.07. The Labute approximate surface area is 173 Å². The molecule has 0 aliphatic heterocycles. The van der Waals surface area contributed by atoms with E-state index in [1.54, 1.807) is 30.8 Å². The number of aryl methyl sites for hydroxylation is 2. The molecule has 2 aromatic carbocycles. The maximum absolute atomic E-state index is 12.9.